The Morgan fingerprint density at radius 3 is 2.55 bits per heavy atom. The zero-order valence-electron chi connectivity index (χ0n) is 15.8. The standard InChI is InChI=1S/C22H20ClN5O/c23-17-5-3-16(4-6-17)22(29)9-14-28(15-10-22)21-26-13-8-20(27-21)18-2-1-12-25-19(18)7-11-24/h1-6,8,12-13,29H,7,9-10,14-15H2. The van der Waals surface area contributed by atoms with Crippen molar-refractivity contribution >= 4 is 17.5 Å². The summed E-state index contributed by atoms with van der Waals surface area (Å²) in [6.45, 7) is 1.28. The van der Waals surface area contributed by atoms with E-state index < -0.39 is 5.60 Å². The molecule has 1 saturated heterocycles. The molecule has 1 N–H and O–H groups in total. The summed E-state index contributed by atoms with van der Waals surface area (Å²) in [6, 6.07) is 15.1. The fourth-order valence-electron chi connectivity index (χ4n) is 3.66. The van der Waals surface area contributed by atoms with Crippen molar-refractivity contribution in [3.8, 4) is 17.3 Å². The third-order valence-corrected chi connectivity index (χ3v) is 5.56. The first kappa shape index (κ1) is 19.3. The SMILES string of the molecule is N#CCc1ncccc1-c1ccnc(N2CCC(O)(c3ccc(Cl)cc3)CC2)n1. The summed E-state index contributed by atoms with van der Waals surface area (Å²) in [6.07, 6.45) is 4.79. The number of aliphatic hydroxyl groups is 1. The topological polar surface area (TPSA) is 85.9 Å². The van der Waals surface area contributed by atoms with Gasteiger partial charge in [0.25, 0.3) is 0 Å². The van der Waals surface area contributed by atoms with E-state index in [1.54, 1.807) is 24.5 Å². The number of halogens is 1. The second-order valence-corrected chi connectivity index (χ2v) is 7.54. The fraction of sp³-hybridized carbons (Fsp3) is 0.273. The Hall–Kier alpha value is -3.01. The molecule has 0 saturated carbocycles. The van der Waals surface area contributed by atoms with Crippen molar-refractivity contribution in [2.75, 3.05) is 18.0 Å². The number of hydrogen-bond donors (Lipinski definition) is 1. The van der Waals surface area contributed by atoms with Crippen molar-refractivity contribution in [3.05, 3.63) is 71.1 Å². The molecule has 3 aromatic rings. The van der Waals surface area contributed by atoms with Gasteiger partial charge < -0.3 is 10.0 Å². The number of aromatic nitrogens is 3. The van der Waals surface area contributed by atoms with Gasteiger partial charge >= 0.3 is 0 Å². The van der Waals surface area contributed by atoms with Gasteiger partial charge in [-0.1, -0.05) is 23.7 Å². The zero-order chi connectivity index (χ0) is 20.3. The van der Waals surface area contributed by atoms with E-state index >= 15 is 0 Å². The minimum Gasteiger partial charge on any atom is -0.385 e. The Labute approximate surface area is 174 Å². The lowest BCUT2D eigenvalue weighted by molar-refractivity contribution is 0.0115. The molecule has 1 aromatic carbocycles. The minimum absolute atomic E-state index is 0.230. The van der Waals surface area contributed by atoms with Gasteiger partial charge in [-0.2, -0.15) is 5.26 Å². The van der Waals surface area contributed by atoms with Gasteiger partial charge in [-0.3, -0.25) is 4.98 Å². The molecule has 2 aromatic heterocycles. The molecule has 0 spiro atoms. The summed E-state index contributed by atoms with van der Waals surface area (Å²) in [4.78, 5) is 15.5. The quantitative estimate of drug-likeness (QED) is 0.711. The number of nitriles is 1. The van der Waals surface area contributed by atoms with Gasteiger partial charge in [0.1, 0.15) is 0 Å². The van der Waals surface area contributed by atoms with Crippen molar-refractivity contribution in [1.82, 2.24) is 15.0 Å². The summed E-state index contributed by atoms with van der Waals surface area (Å²) in [7, 11) is 0. The molecule has 6 nitrogen and oxygen atoms in total. The van der Waals surface area contributed by atoms with Gasteiger partial charge in [0.05, 0.1) is 29.5 Å². The third kappa shape index (κ3) is 4.07. The first-order valence-corrected chi connectivity index (χ1v) is 9.84. The highest BCUT2D eigenvalue weighted by Crippen LogP contribution is 2.34. The Kier molecular flexibility index (Phi) is 5.43. The predicted octanol–water partition coefficient (Wildman–Crippen LogP) is 3.75. The lowest BCUT2D eigenvalue weighted by atomic mass is 9.84. The smallest absolute Gasteiger partial charge is 0.225 e. The molecule has 0 bridgehead atoms. The maximum absolute atomic E-state index is 11.1. The molecule has 146 valence electrons. The molecule has 29 heavy (non-hydrogen) atoms. The maximum atomic E-state index is 11.1. The van der Waals surface area contributed by atoms with Gasteiger partial charge in [-0.15, -0.1) is 0 Å². The van der Waals surface area contributed by atoms with Crippen molar-refractivity contribution in [1.29, 1.82) is 5.26 Å². The van der Waals surface area contributed by atoms with Crippen LogP contribution in [0.25, 0.3) is 11.3 Å². The highest BCUT2D eigenvalue weighted by Gasteiger charge is 2.34. The first-order valence-electron chi connectivity index (χ1n) is 9.47. The average molecular weight is 406 g/mol. The van der Waals surface area contributed by atoms with Crippen LogP contribution in [0.3, 0.4) is 0 Å². The van der Waals surface area contributed by atoms with E-state index in [9.17, 15) is 5.11 Å². The number of benzene rings is 1. The molecule has 1 aliphatic heterocycles. The average Bonchev–Trinajstić information content (AvgIpc) is 2.75. The molecular weight excluding hydrogens is 386 g/mol. The van der Waals surface area contributed by atoms with Crippen molar-refractivity contribution in [3.63, 3.8) is 0 Å². The molecule has 1 aliphatic rings. The first-order chi connectivity index (χ1) is 14.1. The van der Waals surface area contributed by atoms with E-state index in [1.165, 1.54) is 0 Å². The van der Waals surface area contributed by atoms with Crippen LogP contribution in [-0.4, -0.2) is 33.1 Å². The highest BCUT2D eigenvalue weighted by atomic mass is 35.5. The van der Waals surface area contributed by atoms with Gasteiger partial charge in [0.2, 0.25) is 5.95 Å². The summed E-state index contributed by atoms with van der Waals surface area (Å²) in [5.41, 5.74) is 2.30. The number of pyridine rings is 1. The molecule has 3 heterocycles. The summed E-state index contributed by atoms with van der Waals surface area (Å²) in [5.74, 6) is 0.618. The van der Waals surface area contributed by atoms with Gasteiger partial charge in [-0.05, 0) is 48.7 Å². The fourth-order valence-corrected chi connectivity index (χ4v) is 3.79. The molecule has 0 amide bonds. The number of piperidine rings is 1. The van der Waals surface area contributed by atoms with Crippen molar-refractivity contribution in [2.45, 2.75) is 24.9 Å². The van der Waals surface area contributed by atoms with E-state index in [2.05, 4.69) is 20.9 Å². The largest absolute Gasteiger partial charge is 0.385 e. The van der Waals surface area contributed by atoms with Gasteiger partial charge in [0, 0.05) is 36.1 Å². The lowest BCUT2D eigenvalue weighted by Gasteiger charge is -2.38. The summed E-state index contributed by atoms with van der Waals surface area (Å²) in [5, 5.41) is 20.8. The lowest BCUT2D eigenvalue weighted by Crippen LogP contribution is -2.43. The minimum atomic E-state index is -0.873. The maximum Gasteiger partial charge on any atom is 0.225 e. The zero-order valence-corrected chi connectivity index (χ0v) is 16.5. The highest BCUT2D eigenvalue weighted by molar-refractivity contribution is 6.30. The van der Waals surface area contributed by atoms with Crippen molar-refractivity contribution < 1.29 is 5.11 Å². The van der Waals surface area contributed by atoms with Crippen LogP contribution in [0.1, 0.15) is 24.1 Å². The van der Waals surface area contributed by atoms with E-state index in [-0.39, 0.29) is 6.42 Å². The van der Waals surface area contributed by atoms with Crippen LogP contribution in [0.15, 0.2) is 54.9 Å². The molecular formula is C22H20ClN5O. The van der Waals surface area contributed by atoms with Crippen LogP contribution in [0.5, 0.6) is 0 Å². The molecule has 0 atom stereocenters. The van der Waals surface area contributed by atoms with Crippen LogP contribution in [0, 0.1) is 11.3 Å². The molecule has 1 fully saturated rings. The Morgan fingerprint density at radius 1 is 1.07 bits per heavy atom. The normalized spacial score (nSPS) is 15.7. The molecule has 0 unspecified atom stereocenters. The van der Waals surface area contributed by atoms with E-state index in [1.807, 2.05) is 30.3 Å². The Balaban J connectivity index is 1.53. The summed E-state index contributed by atoms with van der Waals surface area (Å²) < 4.78 is 0. The number of nitrogens with zero attached hydrogens (tertiary/aromatic N) is 5. The second-order valence-electron chi connectivity index (χ2n) is 7.10. The number of hydrogen-bond acceptors (Lipinski definition) is 6. The number of rotatable bonds is 4. The van der Waals surface area contributed by atoms with Crippen LogP contribution >= 0.6 is 11.6 Å². The van der Waals surface area contributed by atoms with Crippen LogP contribution in [0.4, 0.5) is 5.95 Å². The van der Waals surface area contributed by atoms with E-state index in [4.69, 9.17) is 21.8 Å². The molecule has 0 radical (unpaired) electrons. The second kappa shape index (κ2) is 8.16. The third-order valence-electron chi connectivity index (χ3n) is 5.31. The molecule has 0 aliphatic carbocycles. The van der Waals surface area contributed by atoms with E-state index in [0.29, 0.717) is 42.6 Å². The Morgan fingerprint density at radius 2 is 1.83 bits per heavy atom. The van der Waals surface area contributed by atoms with Crippen LogP contribution in [0.2, 0.25) is 5.02 Å². The molecule has 7 heteroatoms. The monoisotopic (exact) mass is 405 g/mol. The van der Waals surface area contributed by atoms with Crippen LogP contribution in [-0.2, 0) is 12.0 Å². The number of anilines is 1. The van der Waals surface area contributed by atoms with Gasteiger partial charge in [-0.25, -0.2) is 9.97 Å². The Bertz CT molecular complexity index is 1040. The summed E-state index contributed by atoms with van der Waals surface area (Å²) >= 11 is 5.97. The predicted molar refractivity (Wildman–Crippen MR) is 111 cm³/mol. The van der Waals surface area contributed by atoms with E-state index in [0.717, 1.165) is 16.8 Å². The van der Waals surface area contributed by atoms with Gasteiger partial charge in [0.15, 0.2) is 0 Å². The van der Waals surface area contributed by atoms with Crippen molar-refractivity contribution in [2.24, 2.45) is 0 Å². The van der Waals surface area contributed by atoms with Crippen LogP contribution < -0.4 is 4.90 Å². The molecule has 4 rings (SSSR count).